The minimum Gasteiger partial charge on any atom is -0.478 e. The van der Waals surface area contributed by atoms with E-state index in [2.05, 4.69) is 11.2 Å². The summed E-state index contributed by atoms with van der Waals surface area (Å²) in [4.78, 5) is 10.8. The fraction of sp³-hybridized carbons (Fsp3) is 0.250. The second kappa shape index (κ2) is 4.52. The van der Waals surface area contributed by atoms with E-state index < -0.39 is 5.97 Å². The molecule has 1 rings (SSSR count). The van der Waals surface area contributed by atoms with Crippen LogP contribution < -0.4 is 5.32 Å². The Bertz CT molecular complexity index is 418. The van der Waals surface area contributed by atoms with Crippen LogP contribution in [0.4, 0.5) is 5.69 Å². The van der Waals surface area contributed by atoms with E-state index in [1.165, 1.54) is 0 Å². The molecule has 0 radical (unpaired) electrons. The van der Waals surface area contributed by atoms with E-state index in [1.807, 2.05) is 6.92 Å². The van der Waals surface area contributed by atoms with Gasteiger partial charge in [-0.1, -0.05) is 5.92 Å². The van der Waals surface area contributed by atoms with E-state index in [-0.39, 0.29) is 6.04 Å². The maximum absolute atomic E-state index is 10.8. The lowest BCUT2D eigenvalue weighted by Crippen LogP contribution is -2.12. The second-order valence-corrected chi connectivity index (χ2v) is 3.37. The highest BCUT2D eigenvalue weighted by molar-refractivity contribution is 5.89. The highest BCUT2D eigenvalue weighted by Crippen LogP contribution is 2.15. The summed E-state index contributed by atoms with van der Waals surface area (Å²) >= 11 is 0. The van der Waals surface area contributed by atoms with Crippen molar-refractivity contribution >= 4 is 11.7 Å². The lowest BCUT2D eigenvalue weighted by atomic mass is 10.1. The number of carboxylic acid groups (broad SMARTS) is 1. The van der Waals surface area contributed by atoms with E-state index in [9.17, 15) is 4.79 Å². The van der Waals surface area contributed by atoms with Crippen LogP contribution in [-0.2, 0) is 0 Å². The smallest absolute Gasteiger partial charge is 0.335 e. The van der Waals surface area contributed by atoms with Gasteiger partial charge in [0.1, 0.15) is 0 Å². The van der Waals surface area contributed by atoms with Gasteiger partial charge >= 0.3 is 5.97 Å². The van der Waals surface area contributed by atoms with Gasteiger partial charge in [-0.25, -0.2) is 4.79 Å². The first kappa shape index (κ1) is 11.1. The molecule has 0 fully saturated rings. The number of terminal acetylenes is 1. The van der Waals surface area contributed by atoms with E-state index in [0.29, 0.717) is 5.56 Å². The average molecular weight is 203 g/mol. The van der Waals surface area contributed by atoms with Crippen LogP contribution >= 0.6 is 0 Å². The predicted octanol–water partition coefficient (Wildman–Crippen LogP) is 2.13. The molecule has 0 amide bonds. The van der Waals surface area contributed by atoms with Crippen molar-refractivity contribution in [1.29, 1.82) is 0 Å². The summed E-state index contributed by atoms with van der Waals surface area (Å²) in [5.41, 5.74) is 1.87. The van der Waals surface area contributed by atoms with Crippen LogP contribution in [-0.4, -0.2) is 17.1 Å². The summed E-state index contributed by atoms with van der Waals surface area (Å²) in [7, 11) is 0. The maximum Gasteiger partial charge on any atom is 0.335 e. The van der Waals surface area contributed by atoms with Gasteiger partial charge in [0.05, 0.1) is 11.6 Å². The molecule has 1 aromatic rings. The van der Waals surface area contributed by atoms with Crippen LogP contribution in [0.2, 0.25) is 0 Å². The molecule has 0 spiro atoms. The number of aromatic carboxylic acids is 1. The van der Waals surface area contributed by atoms with E-state index in [1.54, 1.807) is 25.1 Å². The van der Waals surface area contributed by atoms with Crippen molar-refractivity contribution in [3.05, 3.63) is 29.3 Å². The molecule has 0 aliphatic heterocycles. The van der Waals surface area contributed by atoms with Crippen molar-refractivity contribution in [2.45, 2.75) is 19.9 Å². The molecule has 1 unspecified atom stereocenters. The van der Waals surface area contributed by atoms with Gasteiger partial charge < -0.3 is 10.4 Å². The summed E-state index contributed by atoms with van der Waals surface area (Å²) < 4.78 is 0. The Hall–Kier alpha value is -1.95. The third-order valence-corrected chi connectivity index (χ3v) is 2.09. The van der Waals surface area contributed by atoms with Crippen molar-refractivity contribution in [2.75, 3.05) is 5.32 Å². The molecule has 1 aromatic carbocycles. The summed E-state index contributed by atoms with van der Waals surface area (Å²) in [5, 5.41) is 11.9. The molecule has 3 nitrogen and oxygen atoms in total. The number of aryl methyl sites for hydroxylation is 1. The van der Waals surface area contributed by atoms with Gasteiger partial charge in [0, 0.05) is 5.69 Å². The van der Waals surface area contributed by atoms with E-state index in [0.717, 1.165) is 11.3 Å². The third-order valence-electron chi connectivity index (χ3n) is 2.09. The minimum atomic E-state index is -0.913. The van der Waals surface area contributed by atoms with Gasteiger partial charge in [0.25, 0.3) is 0 Å². The molecule has 0 saturated carbocycles. The first-order chi connectivity index (χ1) is 7.04. The molecule has 1 atom stereocenters. The second-order valence-electron chi connectivity index (χ2n) is 3.37. The number of carbonyl (C=O) groups is 1. The van der Waals surface area contributed by atoms with Gasteiger partial charge in [0.15, 0.2) is 0 Å². The molecule has 2 N–H and O–H groups in total. The Kier molecular flexibility index (Phi) is 3.35. The van der Waals surface area contributed by atoms with Gasteiger partial charge in [-0.15, -0.1) is 6.42 Å². The van der Waals surface area contributed by atoms with Crippen molar-refractivity contribution in [2.24, 2.45) is 0 Å². The molecule has 15 heavy (non-hydrogen) atoms. The topological polar surface area (TPSA) is 49.3 Å². The van der Waals surface area contributed by atoms with Gasteiger partial charge in [-0.2, -0.15) is 0 Å². The summed E-state index contributed by atoms with van der Waals surface area (Å²) in [6, 6.07) is 4.99. The Labute approximate surface area is 89.1 Å². The normalized spacial score (nSPS) is 11.5. The summed E-state index contributed by atoms with van der Waals surface area (Å²) in [6.45, 7) is 3.62. The van der Waals surface area contributed by atoms with E-state index >= 15 is 0 Å². The van der Waals surface area contributed by atoms with Crippen molar-refractivity contribution in [1.82, 2.24) is 0 Å². The standard InChI is InChI=1S/C12H13NO2/c1-4-9(3)13-10-5-6-11(12(14)15)8(2)7-10/h1,5-7,9,13H,2-3H3,(H,14,15). The maximum atomic E-state index is 10.8. The van der Waals surface area contributed by atoms with Gasteiger partial charge in [-0.3, -0.25) is 0 Å². The Balaban J connectivity index is 2.93. The largest absolute Gasteiger partial charge is 0.478 e. The van der Waals surface area contributed by atoms with E-state index in [4.69, 9.17) is 11.5 Å². The molecule has 3 heteroatoms. The molecule has 0 heterocycles. The highest BCUT2D eigenvalue weighted by atomic mass is 16.4. The molecule has 0 aromatic heterocycles. The minimum absolute atomic E-state index is 0.0694. The fourth-order valence-corrected chi connectivity index (χ4v) is 1.29. The molecule has 0 bridgehead atoms. The van der Waals surface area contributed by atoms with Crippen molar-refractivity contribution in [3.63, 3.8) is 0 Å². The first-order valence-electron chi connectivity index (χ1n) is 4.61. The average Bonchev–Trinajstić information content (AvgIpc) is 2.17. The van der Waals surface area contributed by atoms with Crippen LogP contribution in [0, 0.1) is 19.3 Å². The summed E-state index contributed by atoms with van der Waals surface area (Å²) in [6.07, 6.45) is 5.23. The SMILES string of the molecule is C#CC(C)Nc1ccc(C(=O)O)c(C)c1. The quantitative estimate of drug-likeness (QED) is 0.740. The molecule has 0 aliphatic carbocycles. The lowest BCUT2D eigenvalue weighted by Gasteiger charge is -2.10. The van der Waals surface area contributed by atoms with Crippen LogP contribution in [0.5, 0.6) is 0 Å². The first-order valence-corrected chi connectivity index (χ1v) is 4.61. The van der Waals surface area contributed by atoms with Gasteiger partial charge in [-0.05, 0) is 37.6 Å². The number of carboxylic acids is 1. The Morgan fingerprint density at radius 1 is 1.60 bits per heavy atom. The number of anilines is 1. The lowest BCUT2D eigenvalue weighted by molar-refractivity contribution is 0.0696. The number of rotatable bonds is 3. The predicted molar refractivity (Wildman–Crippen MR) is 60.1 cm³/mol. The molecule has 0 aliphatic rings. The third kappa shape index (κ3) is 2.75. The molecular formula is C12H13NO2. The van der Waals surface area contributed by atoms with Gasteiger partial charge in [0.2, 0.25) is 0 Å². The highest BCUT2D eigenvalue weighted by Gasteiger charge is 2.07. The zero-order chi connectivity index (χ0) is 11.4. The monoisotopic (exact) mass is 203 g/mol. The van der Waals surface area contributed by atoms with Crippen LogP contribution in [0.3, 0.4) is 0 Å². The molecular weight excluding hydrogens is 190 g/mol. The van der Waals surface area contributed by atoms with Crippen LogP contribution in [0.15, 0.2) is 18.2 Å². The number of hydrogen-bond donors (Lipinski definition) is 2. The number of nitrogens with one attached hydrogen (secondary N) is 1. The van der Waals surface area contributed by atoms with Crippen LogP contribution in [0.1, 0.15) is 22.8 Å². The number of hydrogen-bond acceptors (Lipinski definition) is 2. The fourth-order valence-electron chi connectivity index (χ4n) is 1.29. The zero-order valence-corrected chi connectivity index (χ0v) is 8.74. The van der Waals surface area contributed by atoms with Crippen molar-refractivity contribution < 1.29 is 9.90 Å². The van der Waals surface area contributed by atoms with Crippen LogP contribution in [0.25, 0.3) is 0 Å². The molecule has 0 saturated heterocycles. The zero-order valence-electron chi connectivity index (χ0n) is 8.74. The molecule has 78 valence electrons. The van der Waals surface area contributed by atoms with Crippen molar-refractivity contribution in [3.8, 4) is 12.3 Å². The Morgan fingerprint density at radius 3 is 2.73 bits per heavy atom. The Morgan fingerprint density at radius 2 is 2.27 bits per heavy atom. The number of benzene rings is 1. The summed E-state index contributed by atoms with van der Waals surface area (Å²) in [5.74, 6) is 1.63.